The Kier molecular flexibility index (Phi) is 23.8. The monoisotopic (exact) mass is 1090 g/mol. The van der Waals surface area contributed by atoms with Crippen LogP contribution < -0.4 is 31.9 Å². The van der Waals surface area contributed by atoms with E-state index in [0.29, 0.717) is 63.6 Å². The number of rotatable bonds is 29. The lowest BCUT2D eigenvalue weighted by atomic mass is 9.83. The minimum absolute atomic E-state index is 0.138. The van der Waals surface area contributed by atoms with Gasteiger partial charge in [-0.25, -0.2) is 0 Å². The summed E-state index contributed by atoms with van der Waals surface area (Å²) >= 11 is 3.38. The highest BCUT2D eigenvalue weighted by Crippen LogP contribution is 2.48. The predicted octanol–water partition coefficient (Wildman–Crippen LogP) is 7.00. The van der Waals surface area contributed by atoms with Crippen molar-refractivity contribution in [2.45, 2.75) is 191 Å². The second kappa shape index (κ2) is 29.7. The zero-order valence-corrected chi connectivity index (χ0v) is 48.3. The van der Waals surface area contributed by atoms with E-state index in [1.165, 1.54) is 25.7 Å². The van der Waals surface area contributed by atoms with Gasteiger partial charge in [0, 0.05) is 13.2 Å². The van der Waals surface area contributed by atoms with Crippen LogP contribution in [0.1, 0.15) is 155 Å². The van der Waals surface area contributed by atoms with Gasteiger partial charge in [-0.1, -0.05) is 140 Å². The van der Waals surface area contributed by atoms with Gasteiger partial charge in [0.05, 0.1) is 48.1 Å². The van der Waals surface area contributed by atoms with E-state index in [4.69, 9.17) is 9.47 Å². The number of hydrogen-bond acceptors (Lipinski definition) is 12. The molecule has 4 aliphatic rings. The number of likely N-dealkylation sites (N-methyl/N-ethyl adjacent to an activating group) is 2. The van der Waals surface area contributed by atoms with Crippen LogP contribution in [0.3, 0.4) is 0 Å². The molecule has 0 bridgehead atoms. The van der Waals surface area contributed by atoms with Crippen molar-refractivity contribution in [3.8, 4) is 0 Å². The average molecular weight is 1090 g/mol. The minimum atomic E-state index is -0.687. The summed E-state index contributed by atoms with van der Waals surface area (Å²) in [6, 6.07) is 15.4. The van der Waals surface area contributed by atoms with Crippen molar-refractivity contribution in [3.05, 3.63) is 71.8 Å². The number of nitrogens with zero attached hydrogens (tertiary/aromatic N) is 2. The second-order valence-electron chi connectivity index (χ2n) is 22.7. The summed E-state index contributed by atoms with van der Waals surface area (Å²) in [4.78, 5) is 86.0. The minimum Gasteiger partial charge on any atom is -0.379 e. The molecule has 0 aromatic heterocycles. The van der Waals surface area contributed by atoms with E-state index in [1.807, 2.05) is 60.7 Å². The Morgan fingerprint density at radius 1 is 0.566 bits per heavy atom. The quantitative estimate of drug-likeness (QED) is 0.0457. The molecule has 0 radical (unpaired) electrons. The van der Waals surface area contributed by atoms with Gasteiger partial charge in [-0.15, -0.1) is 23.5 Å². The molecule has 2 unspecified atom stereocenters. The topological polar surface area (TPSA) is 200 Å². The van der Waals surface area contributed by atoms with Crippen molar-refractivity contribution in [2.75, 3.05) is 52.0 Å². The van der Waals surface area contributed by atoms with E-state index in [0.717, 1.165) is 49.7 Å². The molecule has 6 N–H and O–H groups in total. The Bertz CT molecular complexity index is 2040. The van der Waals surface area contributed by atoms with Crippen molar-refractivity contribution >= 4 is 59.0 Å². The van der Waals surface area contributed by atoms with Gasteiger partial charge in [0.2, 0.25) is 35.4 Å². The summed E-state index contributed by atoms with van der Waals surface area (Å²) in [6.07, 6.45) is 13.5. The Balaban J connectivity index is 0.866. The smallest absolute Gasteiger partial charge is 0.246 e. The maximum Gasteiger partial charge on any atom is 0.246 e. The standard InChI is InChI=1S/C58H90N8O8S2/c1-39(59-7)51(67)61-43-29-33-75-47-35-57(3,4)49(65(47)55(43)71)53(69)63-45(41-25-19-17-20-26-41)37-73-31-23-15-13-11-9-10-12-14-16-24-32-74-38-46(42-27-21-18-22-28-42)64-54(70)50-58(5,6)36-48-66(50)56(72)44(30-34-76-48)62-52(68)40(2)60-8/h17-22,25-28,39-40,43-50,59-60H,9-16,23-24,29-38H2,1-8H3,(H,61,67)(H,62,68)(H,63,69)(H,64,70)/t39-,40-,43+,44+,45-,46+,47?,48?,49-,50-/m0/s1. The molecule has 4 aliphatic heterocycles. The number of unbranched alkanes of at least 4 members (excludes halogenated alkanes) is 9. The van der Waals surface area contributed by atoms with E-state index in [1.54, 1.807) is 61.3 Å². The second-order valence-corrected chi connectivity index (χ2v) is 25.3. The molecule has 6 rings (SSSR count). The van der Waals surface area contributed by atoms with Crippen LogP contribution in [0.4, 0.5) is 0 Å². The van der Waals surface area contributed by atoms with Crippen LogP contribution in [-0.2, 0) is 38.2 Å². The first kappa shape index (κ1) is 61.0. The number of carbonyl (C=O) groups excluding carboxylic acids is 6. The first-order valence-electron chi connectivity index (χ1n) is 28.2. The third kappa shape index (κ3) is 16.7. The van der Waals surface area contributed by atoms with Gasteiger partial charge in [-0.05, 0) is 99.9 Å². The molecule has 76 heavy (non-hydrogen) atoms. The van der Waals surface area contributed by atoms with Crippen LogP contribution in [0.5, 0.6) is 0 Å². The molecule has 4 fully saturated rings. The van der Waals surface area contributed by atoms with E-state index in [9.17, 15) is 28.8 Å². The molecule has 16 nitrogen and oxygen atoms in total. The molecule has 0 saturated carbocycles. The van der Waals surface area contributed by atoms with Gasteiger partial charge in [-0.2, -0.15) is 0 Å². The fourth-order valence-electron chi connectivity index (χ4n) is 11.1. The van der Waals surface area contributed by atoms with Crippen molar-refractivity contribution in [2.24, 2.45) is 10.8 Å². The molecule has 0 aliphatic carbocycles. The lowest BCUT2D eigenvalue weighted by Gasteiger charge is -2.35. The van der Waals surface area contributed by atoms with E-state index < -0.39 is 47.1 Å². The SMILES string of the molecule is CN[C@@H](C)C(=O)N[C@@H]1CCSC2CC(C)(C)[C@H](C(=O)N[C@@H](COCCCCCCCCCCCCOC[C@@H](NC(=O)[C@@H]3N4C(=O)[C@H](NC(=O)[C@H](C)NC)CCSC4CC3(C)C)c3ccccc3)c3ccccc3)N2C1=O. The fourth-order valence-corrected chi connectivity index (χ4v) is 14.3. The molecule has 2 aromatic rings. The number of carbonyl (C=O) groups is 6. The Labute approximate surface area is 462 Å². The summed E-state index contributed by atoms with van der Waals surface area (Å²) in [5.74, 6) is 0.173. The number of nitrogens with one attached hydrogen (secondary N) is 6. The summed E-state index contributed by atoms with van der Waals surface area (Å²) in [5.41, 5.74) is 0.968. The largest absolute Gasteiger partial charge is 0.379 e. The molecule has 10 atom stereocenters. The number of benzene rings is 2. The molecule has 4 saturated heterocycles. The molecule has 422 valence electrons. The summed E-state index contributed by atoms with van der Waals surface area (Å²) in [7, 11) is 3.43. The average Bonchev–Trinajstić information content (AvgIpc) is 3.73. The van der Waals surface area contributed by atoms with Crippen molar-refractivity contribution < 1.29 is 38.2 Å². The third-order valence-electron chi connectivity index (χ3n) is 15.8. The third-order valence-corrected chi connectivity index (χ3v) is 18.3. The Hall–Kier alpha value is -4.20. The van der Waals surface area contributed by atoms with Crippen LogP contribution in [-0.4, -0.2) is 144 Å². The van der Waals surface area contributed by atoms with Gasteiger partial charge < -0.3 is 51.2 Å². The number of ether oxygens (including phenoxy) is 2. The van der Waals surface area contributed by atoms with E-state index in [-0.39, 0.29) is 58.3 Å². The summed E-state index contributed by atoms with van der Waals surface area (Å²) in [6.45, 7) is 13.6. The van der Waals surface area contributed by atoms with Crippen LogP contribution in [0.25, 0.3) is 0 Å². The van der Waals surface area contributed by atoms with Crippen molar-refractivity contribution in [1.29, 1.82) is 0 Å². The molecule has 4 heterocycles. The molecular formula is C58H90N8O8S2. The van der Waals surface area contributed by atoms with Gasteiger partial charge in [-0.3, -0.25) is 28.8 Å². The van der Waals surface area contributed by atoms with Crippen LogP contribution >= 0.6 is 23.5 Å². The van der Waals surface area contributed by atoms with Gasteiger partial charge >= 0.3 is 0 Å². The Morgan fingerprint density at radius 2 is 0.908 bits per heavy atom. The van der Waals surface area contributed by atoms with Gasteiger partial charge in [0.25, 0.3) is 0 Å². The highest BCUT2D eigenvalue weighted by molar-refractivity contribution is 8.00. The highest BCUT2D eigenvalue weighted by Gasteiger charge is 2.56. The first-order chi connectivity index (χ1) is 36.5. The Morgan fingerprint density at radius 3 is 1.25 bits per heavy atom. The normalized spacial score (nSPS) is 24.5. The van der Waals surface area contributed by atoms with Crippen LogP contribution in [0.2, 0.25) is 0 Å². The maximum atomic E-state index is 14.3. The summed E-state index contributed by atoms with van der Waals surface area (Å²) < 4.78 is 12.5. The zero-order valence-electron chi connectivity index (χ0n) is 46.7. The van der Waals surface area contributed by atoms with E-state index >= 15 is 0 Å². The van der Waals surface area contributed by atoms with E-state index in [2.05, 4.69) is 59.6 Å². The van der Waals surface area contributed by atoms with Crippen LogP contribution in [0.15, 0.2) is 60.7 Å². The number of hydrogen-bond donors (Lipinski definition) is 6. The van der Waals surface area contributed by atoms with Crippen molar-refractivity contribution in [3.63, 3.8) is 0 Å². The fraction of sp³-hybridized carbons (Fsp3) is 0.690. The number of amides is 6. The molecular weight excluding hydrogens is 1000 g/mol. The predicted molar refractivity (Wildman–Crippen MR) is 303 cm³/mol. The lowest BCUT2D eigenvalue weighted by molar-refractivity contribution is -0.144. The van der Waals surface area contributed by atoms with Gasteiger partial charge in [0.15, 0.2) is 0 Å². The molecule has 18 heteroatoms. The number of thioether (sulfide) groups is 2. The molecule has 6 amide bonds. The highest BCUT2D eigenvalue weighted by atomic mass is 32.2. The zero-order chi connectivity index (χ0) is 54.8. The molecule has 0 spiro atoms. The maximum absolute atomic E-state index is 14.3. The summed E-state index contributed by atoms with van der Waals surface area (Å²) in [5, 5.41) is 18.0. The lowest BCUT2D eigenvalue weighted by Crippen LogP contribution is -2.58. The van der Waals surface area contributed by atoms with Crippen LogP contribution in [0, 0.1) is 10.8 Å². The van der Waals surface area contributed by atoms with Crippen molar-refractivity contribution in [1.82, 2.24) is 41.7 Å². The molecule has 2 aromatic carbocycles. The number of fused-ring (bicyclic) bond motifs is 2. The first-order valence-corrected chi connectivity index (χ1v) is 30.3. The van der Waals surface area contributed by atoms with Gasteiger partial charge in [0.1, 0.15) is 24.2 Å².